The summed E-state index contributed by atoms with van der Waals surface area (Å²) in [4.78, 5) is 9.24. The van der Waals surface area contributed by atoms with E-state index in [-0.39, 0.29) is 18.0 Å². The van der Waals surface area contributed by atoms with Crippen LogP contribution in [-0.4, -0.2) is 68.2 Å². The summed E-state index contributed by atoms with van der Waals surface area (Å²) in [5, 5.41) is 3.50. The average molecular weight is 362 g/mol. The van der Waals surface area contributed by atoms with E-state index in [2.05, 4.69) is 27.0 Å². The quantitative estimate of drug-likeness (QED) is 0.497. The second-order valence-electron chi connectivity index (χ2n) is 7.27. The van der Waals surface area contributed by atoms with Gasteiger partial charge in [-0.05, 0) is 63.5 Å². The van der Waals surface area contributed by atoms with Gasteiger partial charge in [0.25, 0.3) is 0 Å². The fraction of sp³-hybridized carbons (Fsp3) is 0.650. The minimum absolute atomic E-state index is 0.0671. The molecule has 2 unspecified atom stereocenters. The number of nitrogens with zero attached hydrogens (tertiary/aromatic N) is 3. The third-order valence-electron chi connectivity index (χ3n) is 5.15. The minimum atomic E-state index is -0.218. The number of guanidine groups is 1. The Bertz CT molecular complexity index is 586. The Kier molecular flexibility index (Phi) is 6.86. The van der Waals surface area contributed by atoms with Crippen LogP contribution in [0.1, 0.15) is 37.9 Å². The summed E-state index contributed by atoms with van der Waals surface area (Å²) in [6.07, 6.45) is 3.83. The highest BCUT2D eigenvalue weighted by Crippen LogP contribution is 2.25. The zero-order valence-corrected chi connectivity index (χ0v) is 16.0. The molecule has 1 aromatic rings. The van der Waals surface area contributed by atoms with E-state index < -0.39 is 0 Å². The van der Waals surface area contributed by atoms with Crippen LogP contribution in [0.2, 0.25) is 0 Å². The maximum Gasteiger partial charge on any atom is 0.193 e. The standard InChI is InChI=1S/C20H31FN4O/c1-16-14-25(15-19(26-16)17-6-8-18(21)9-7-17)20(22-2)23-10-5-13-24-11-3-4-12-24/h6-9,16,19H,3-5,10-15H2,1-2H3,(H,22,23). The molecular formula is C20H31FN4O. The Balaban J connectivity index is 1.52. The first-order valence-corrected chi connectivity index (χ1v) is 9.74. The summed E-state index contributed by atoms with van der Waals surface area (Å²) in [5.41, 5.74) is 1.01. The van der Waals surface area contributed by atoms with Gasteiger partial charge in [0.15, 0.2) is 5.96 Å². The number of morpholine rings is 1. The molecule has 0 spiro atoms. The predicted molar refractivity (Wildman–Crippen MR) is 103 cm³/mol. The molecule has 2 atom stereocenters. The zero-order valence-electron chi connectivity index (χ0n) is 16.0. The molecule has 1 aromatic carbocycles. The van der Waals surface area contributed by atoms with Gasteiger partial charge in [0, 0.05) is 20.1 Å². The van der Waals surface area contributed by atoms with E-state index in [9.17, 15) is 4.39 Å². The number of halogens is 1. The number of aliphatic imine (C=N–C) groups is 1. The van der Waals surface area contributed by atoms with Crippen LogP contribution in [0.4, 0.5) is 4.39 Å². The second kappa shape index (κ2) is 9.33. The Morgan fingerprint density at radius 2 is 1.96 bits per heavy atom. The second-order valence-corrected chi connectivity index (χ2v) is 7.27. The first-order chi connectivity index (χ1) is 12.7. The number of ether oxygens (including phenoxy) is 1. The van der Waals surface area contributed by atoms with E-state index >= 15 is 0 Å². The van der Waals surface area contributed by atoms with Crippen molar-refractivity contribution >= 4 is 5.96 Å². The van der Waals surface area contributed by atoms with Crippen molar-refractivity contribution in [3.05, 3.63) is 35.6 Å². The van der Waals surface area contributed by atoms with Gasteiger partial charge >= 0.3 is 0 Å². The van der Waals surface area contributed by atoms with Crippen LogP contribution in [0.5, 0.6) is 0 Å². The van der Waals surface area contributed by atoms with Gasteiger partial charge in [0.05, 0.1) is 12.6 Å². The number of rotatable bonds is 5. The first-order valence-electron chi connectivity index (χ1n) is 9.74. The molecular weight excluding hydrogens is 331 g/mol. The van der Waals surface area contributed by atoms with Gasteiger partial charge in [0.2, 0.25) is 0 Å². The van der Waals surface area contributed by atoms with Gasteiger partial charge in [0.1, 0.15) is 11.9 Å². The lowest BCUT2D eigenvalue weighted by Gasteiger charge is -2.38. The molecule has 6 heteroatoms. The van der Waals surface area contributed by atoms with Gasteiger partial charge in [-0.3, -0.25) is 4.99 Å². The maximum absolute atomic E-state index is 13.2. The minimum Gasteiger partial charge on any atom is -0.367 e. The van der Waals surface area contributed by atoms with Crippen molar-refractivity contribution in [2.24, 2.45) is 4.99 Å². The number of hydrogen-bond acceptors (Lipinski definition) is 3. The highest BCUT2D eigenvalue weighted by Gasteiger charge is 2.28. The van der Waals surface area contributed by atoms with Crippen LogP contribution in [0.15, 0.2) is 29.3 Å². The third-order valence-corrected chi connectivity index (χ3v) is 5.15. The van der Waals surface area contributed by atoms with Crippen LogP contribution in [0.3, 0.4) is 0 Å². The molecule has 144 valence electrons. The number of hydrogen-bond donors (Lipinski definition) is 1. The maximum atomic E-state index is 13.2. The van der Waals surface area contributed by atoms with Gasteiger partial charge in [-0.2, -0.15) is 0 Å². The molecule has 2 fully saturated rings. The van der Waals surface area contributed by atoms with E-state index in [1.54, 1.807) is 0 Å². The van der Waals surface area contributed by atoms with Gasteiger partial charge in [-0.25, -0.2) is 4.39 Å². The third kappa shape index (κ3) is 5.17. The van der Waals surface area contributed by atoms with Crippen molar-refractivity contribution in [3.8, 4) is 0 Å². The molecule has 0 aliphatic carbocycles. The predicted octanol–water partition coefficient (Wildman–Crippen LogP) is 2.65. The van der Waals surface area contributed by atoms with Crippen LogP contribution in [-0.2, 0) is 4.74 Å². The molecule has 3 rings (SSSR count). The van der Waals surface area contributed by atoms with Crippen molar-refractivity contribution in [3.63, 3.8) is 0 Å². The molecule has 5 nitrogen and oxygen atoms in total. The molecule has 2 heterocycles. The van der Waals surface area contributed by atoms with E-state index in [0.29, 0.717) is 0 Å². The van der Waals surface area contributed by atoms with Gasteiger partial charge < -0.3 is 19.9 Å². The number of benzene rings is 1. The Labute approximate surface area is 156 Å². The Hall–Kier alpha value is -1.66. The van der Waals surface area contributed by atoms with Crippen molar-refractivity contribution < 1.29 is 9.13 Å². The van der Waals surface area contributed by atoms with Gasteiger partial charge in [-0.1, -0.05) is 12.1 Å². The summed E-state index contributed by atoms with van der Waals surface area (Å²) < 4.78 is 19.3. The molecule has 2 aliphatic heterocycles. The van der Waals surface area contributed by atoms with Gasteiger partial charge in [-0.15, -0.1) is 0 Å². The molecule has 0 amide bonds. The van der Waals surface area contributed by atoms with Crippen LogP contribution in [0, 0.1) is 5.82 Å². The molecule has 0 saturated carbocycles. The summed E-state index contributed by atoms with van der Waals surface area (Å²) in [5.74, 6) is 0.707. The monoisotopic (exact) mass is 362 g/mol. The molecule has 2 saturated heterocycles. The summed E-state index contributed by atoms with van der Waals surface area (Å²) in [6.45, 7) is 8.18. The smallest absolute Gasteiger partial charge is 0.193 e. The summed E-state index contributed by atoms with van der Waals surface area (Å²) in [6, 6.07) is 6.60. The molecule has 0 aromatic heterocycles. The molecule has 0 radical (unpaired) electrons. The highest BCUT2D eigenvalue weighted by molar-refractivity contribution is 5.80. The summed E-state index contributed by atoms with van der Waals surface area (Å²) >= 11 is 0. The van der Waals surface area contributed by atoms with Crippen molar-refractivity contribution in [2.75, 3.05) is 46.3 Å². The lowest BCUT2D eigenvalue weighted by Crippen LogP contribution is -2.51. The van der Waals surface area contributed by atoms with Crippen LogP contribution in [0.25, 0.3) is 0 Å². The zero-order chi connectivity index (χ0) is 18.4. The van der Waals surface area contributed by atoms with E-state index in [0.717, 1.165) is 44.1 Å². The van der Waals surface area contributed by atoms with Crippen LogP contribution < -0.4 is 5.32 Å². The van der Waals surface area contributed by atoms with E-state index in [1.165, 1.54) is 38.1 Å². The SMILES string of the molecule is CN=C(NCCCN1CCCC1)N1CC(C)OC(c2ccc(F)cc2)C1. The fourth-order valence-electron chi connectivity index (χ4n) is 3.83. The number of likely N-dealkylation sites (tertiary alicyclic amines) is 1. The number of nitrogens with one attached hydrogen (secondary N) is 1. The van der Waals surface area contributed by atoms with E-state index in [4.69, 9.17) is 4.74 Å². The summed E-state index contributed by atoms with van der Waals surface area (Å²) in [7, 11) is 1.83. The largest absolute Gasteiger partial charge is 0.367 e. The van der Waals surface area contributed by atoms with Crippen LogP contribution >= 0.6 is 0 Å². The average Bonchev–Trinajstić information content (AvgIpc) is 3.15. The molecule has 0 bridgehead atoms. The lowest BCUT2D eigenvalue weighted by atomic mass is 10.1. The molecule has 1 N–H and O–H groups in total. The normalized spacial score (nSPS) is 24.9. The van der Waals surface area contributed by atoms with Crippen molar-refractivity contribution in [1.82, 2.24) is 15.1 Å². The highest BCUT2D eigenvalue weighted by atomic mass is 19.1. The Morgan fingerprint density at radius 1 is 1.23 bits per heavy atom. The topological polar surface area (TPSA) is 40.1 Å². The fourth-order valence-corrected chi connectivity index (χ4v) is 3.83. The Morgan fingerprint density at radius 3 is 2.65 bits per heavy atom. The lowest BCUT2D eigenvalue weighted by molar-refractivity contribution is -0.0605. The molecule has 26 heavy (non-hydrogen) atoms. The first kappa shape index (κ1) is 19.1. The van der Waals surface area contributed by atoms with Crippen molar-refractivity contribution in [1.29, 1.82) is 0 Å². The van der Waals surface area contributed by atoms with Crippen molar-refractivity contribution in [2.45, 2.75) is 38.4 Å². The molecule has 2 aliphatic rings. The van der Waals surface area contributed by atoms with E-state index in [1.807, 2.05) is 19.2 Å².